The van der Waals surface area contributed by atoms with Gasteiger partial charge in [0.1, 0.15) is 0 Å². The summed E-state index contributed by atoms with van der Waals surface area (Å²) in [5.74, 6) is 0. The molecule has 0 aliphatic rings. The van der Waals surface area contributed by atoms with E-state index in [1.54, 1.807) is 0 Å². The minimum Gasteiger partial charge on any atom is -0.320 e. The molecule has 98 valence electrons. The summed E-state index contributed by atoms with van der Waals surface area (Å²) in [6.45, 7) is 5.04. The SMILES string of the molecule is CCc1nn(C)c(CN(C)CCCNC)c1Cl. The van der Waals surface area contributed by atoms with Crippen molar-refractivity contribution in [1.82, 2.24) is 20.0 Å². The van der Waals surface area contributed by atoms with Crippen LogP contribution in [-0.2, 0) is 20.0 Å². The van der Waals surface area contributed by atoms with E-state index in [1.165, 1.54) is 0 Å². The Morgan fingerprint density at radius 3 is 2.71 bits per heavy atom. The van der Waals surface area contributed by atoms with Gasteiger partial charge >= 0.3 is 0 Å². The van der Waals surface area contributed by atoms with E-state index in [9.17, 15) is 0 Å². The van der Waals surface area contributed by atoms with Gasteiger partial charge in [-0.05, 0) is 40.0 Å². The van der Waals surface area contributed by atoms with Crippen molar-refractivity contribution in [1.29, 1.82) is 0 Å². The Hall–Kier alpha value is -0.580. The predicted molar refractivity (Wildman–Crippen MR) is 72.5 cm³/mol. The minimum absolute atomic E-state index is 0.829. The Bertz CT molecular complexity index is 349. The molecule has 0 atom stereocenters. The lowest BCUT2D eigenvalue weighted by Crippen LogP contribution is -2.23. The molecule has 0 radical (unpaired) electrons. The molecule has 1 heterocycles. The highest BCUT2D eigenvalue weighted by Gasteiger charge is 2.14. The zero-order valence-electron chi connectivity index (χ0n) is 11.3. The molecule has 0 aromatic carbocycles. The van der Waals surface area contributed by atoms with Gasteiger partial charge in [-0.25, -0.2) is 0 Å². The fourth-order valence-corrected chi connectivity index (χ4v) is 2.21. The average Bonchev–Trinajstić information content (AvgIpc) is 2.57. The first-order valence-corrected chi connectivity index (χ1v) is 6.51. The molecule has 1 aromatic rings. The summed E-state index contributed by atoms with van der Waals surface area (Å²) in [7, 11) is 6.05. The van der Waals surface area contributed by atoms with Crippen LogP contribution in [0.3, 0.4) is 0 Å². The highest BCUT2D eigenvalue weighted by atomic mass is 35.5. The summed E-state index contributed by atoms with van der Waals surface area (Å²) in [6, 6.07) is 0. The van der Waals surface area contributed by atoms with Crippen LogP contribution >= 0.6 is 11.6 Å². The summed E-state index contributed by atoms with van der Waals surface area (Å²) < 4.78 is 1.90. The molecular formula is C12H23ClN4. The molecule has 0 spiro atoms. The molecule has 5 heteroatoms. The quantitative estimate of drug-likeness (QED) is 0.756. The third-order valence-electron chi connectivity index (χ3n) is 2.89. The van der Waals surface area contributed by atoms with Gasteiger partial charge in [0.2, 0.25) is 0 Å². The summed E-state index contributed by atoms with van der Waals surface area (Å²) in [5, 5.41) is 8.41. The van der Waals surface area contributed by atoms with Gasteiger partial charge in [-0.1, -0.05) is 18.5 Å². The van der Waals surface area contributed by atoms with E-state index in [0.29, 0.717) is 0 Å². The number of halogens is 1. The van der Waals surface area contributed by atoms with E-state index >= 15 is 0 Å². The maximum Gasteiger partial charge on any atom is 0.0863 e. The van der Waals surface area contributed by atoms with Crippen molar-refractivity contribution >= 4 is 11.6 Å². The summed E-state index contributed by atoms with van der Waals surface area (Å²) in [4.78, 5) is 2.28. The topological polar surface area (TPSA) is 33.1 Å². The minimum atomic E-state index is 0.829. The van der Waals surface area contributed by atoms with E-state index in [-0.39, 0.29) is 0 Å². The van der Waals surface area contributed by atoms with Crippen molar-refractivity contribution in [3.8, 4) is 0 Å². The maximum absolute atomic E-state index is 6.31. The number of nitrogens with one attached hydrogen (secondary N) is 1. The van der Waals surface area contributed by atoms with Gasteiger partial charge in [0.05, 0.1) is 16.4 Å². The van der Waals surface area contributed by atoms with Crippen LogP contribution in [0.25, 0.3) is 0 Å². The third kappa shape index (κ3) is 3.98. The van der Waals surface area contributed by atoms with Crippen LogP contribution in [0.15, 0.2) is 0 Å². The van der Waals surface area contributed by atoms with E-state index in [2.05, 4.69) is 29.3 Å². The highest BCUT2D eigenvalue weighted by molar-refractivity contribution is 6.31. The number of hydrogen-bond acceptors (Lipinski definition) is 3. The van der Waals surface area contributed by atoms with Gasteiger partial charge in [0, 0.05) is 13.6 Å². The Morgan fingerprint density at radius 1 is 1.47 bits per heavy atom. The van der Waals surface area contributed by atoms with Crippen molar-refractivity contribution in [3.05, 3.63) is 16.4 Å². The molecule has 17 heavy (non-hydrogen) atoms. The Balaban J connectivity index is 2.58. The van der Waals surface area contributed by atoms with Gasteiger partial charge in [-0.15, -0.1) is 0 Å². The first kappa shape index (κ1) is 14.5. The molecule has 0 saturated carbocycles. The second kappa shape index (κ2) is 6.99. The molecule has 0 amide bonds. The van der Waals surface area contributed by atoms with Crippen LogP contribution in [0.2, 0.25) is 5.02 Å². The molecule has 0 aliphatic heterocycles. The first-order valence-electron chi connectivity index (χ1n) is 6.13. The van der Waals surface area contributed by atoms with Crippen molar-refractivity contribution in [2.75, 3.05) is 27.2 Å². The molecule has 1 rings (SSSR count). The number of aryl methyl sites for hydroxylation is 2. The average molecular weight is 259 g/mol. The first-order chi connectivity index (χ1) is 8.10. The van der Waals surface area contributed by atoms with Gasteiger partial charge in [-0.3, -0.25) is 4.68 Å². The molecular weight excluding hydrogens is 236 g/mol. The second-order valence-electron chi connectivity index (χ2n) is 4.38. The summed E-state index contributed by atoms with van der Waals surface area (Å²) in [5.41, 5.74) is 2.10. The molecule has 0 fully saturated rings. The van der Waals surface area contributed by atoms with Crippen LogP contribution in [0.5, 0.6) is 0 Å². The van der Waals surface area contributed by atoms with Crippen molar-refractivity contribution in [2.45, 2.75) is 26.3 Å². The zero-order chi connectivity index (χ0) is 12.8. The fourth-order valence-electron chi connectivity index (χ4n) is 1.85. The molecule has 0 bridgehead atoms. The van der Waals surface area contributed by atoms with E-state index in [4.69, 9.17) is 11.6 Å². The smallest absolute Gasteiger partial charge is 0.0863 e. The van der Waals surface area contributed by atoms with Crippen molar-refractivity contribution in [2.24, 2.45) is 7.05 Å². The van der Waals surface area contributed by atoms with Gasteiger partial charge in [0.25, 0.3) is 0 Å². The third-order valence-corrected chi connectivity index (χ3v) is 3.33. The summed E-state index contributed by atoms with van der Waals surface area (Å²) >= 11 is 6.31. The Morgan fingerprint density at radius 2 is 2.18 bits per heavy atom. The molecule has 4 nitrogen and oxygen atoms in total. The van der Waals surface area contributed by atoms with Crippen LogP contribution in [0.1, 0.15) is 24.7 Å². The van der Waals surface area contributed by atoms with Crippen LogP contribution in [-0.4, -0.2) is 41.9 Å². The van der Waals surface area contributed by atoms with E-state index in [1.807, 2.05) is 18.8 Å². The molecule has 1 N–H and O–H groups in total. The zero-order valence-corrected chi connectivity index (χ0v) is 12.0. The molecule has 1 aromatic heterocycles. The maximum atomic E-state index is 6.31. The highest BCUT2D eigenvalue weighted by Crippen LogP contribution is 2.21. The molecule has 0 saturated heterocycles. The fraction of sp³-hybridized carbons (Fsp3) is 0.750. The second-order valence-corrected chi connectivity index (χ2v) is 4.76. The lowest BCUT2D eigenvalue weighted by Gasteiger charge is -2.16. The van der Waals surface area contributed by atoms with Gasteiger partial charge in [-0.2, -0.15) is 5.10 Å². The van der Waals surface area contributed by atoms with Crippen molar-refractivity contribution in [3.63, 3.8) is 0 Å². The standard InChI is InChI=1S/C12H23ClN4/c1-5-10-12(13)11(17(4)15-10)9-16(3)8-6-7-14-2/h14H,5-9H2,1-4H3. The van der Waals surface area contributed by atoms with E-state index in [0.717, 1.165) is 48.9 Å². The Kier molecular flexibility index (Phi) is 5.95. The predicted octanol–water partition coefficient (Wildman–Crippen LogP) is 1.68. The van der Waals surface area contributed by atoms with Crippen LogP contribution in [0.4, 0.5) is 0 Å². The normalized spacial score (nSPS) is 11.4. The lowest BCUT2D eigenvalue weighted by molar-refractivity contribution is 0.312. The van der Waals surface area contributed by atoms with Crippen molar-refractivity contribution < 1.29 is 0 Å². The van der Waals surface area contributed by atoms with Crippen LogP contribution < -0.4 is 5.32 Å². The number of hydrogen-bond donors (Lipinski definition) is 1. The van der Waals surface area contributed by atoms with Gasteiger partial charge in [0.15, 0.2) is 0 Å². The Labute approximate surface area is 109 Å². The number of aromatic nitrogens is 2. The number of nitrogens with zero attached hydrogens (tertiary/aromatic N) is 3. The largest absolute Gasteiger partial charge is 0.320 e. The van der Waals surface area contributed by atoms with Gasteiger partial charge < -0.3 is 10.2 Å². The summed E-state index contributed by atoms with van der Waals surface area (Å²) in [6.07, 6.45) is 2.03. The lowest BCUT2D eigenvalue weighted by atomic mass is 10.3. The van der Waals surface area contributed by atoms with E-state index < -0.39 is 0 Å². The molecule has 0 unspecified atom stereocenters. The molecule has 0 aliphatic carbocycles. The number of rotatable bonds is 7. The monoisotopic (exact) mass is 258 g/mol. The van der Waals surface area contributed by atoms with Crippen LogP contribution in [0, 0.1) is 0 Å².